The van der Waals surface area contributed by atoms with Crippen molar-refractivity contribution in [2.24, 2.45) is 0 Å². The second kappa shape index (κ2) is 2.69. The van der Waals surface area contributed by atoms with Crippen molar-refractivity contribution in [3.05, 3.63) is 22.9 Å². The van der Waals surface area contributed by atoms with Crippen LogP contribution in [-0.4, -0.2) is 11.3 Å². The number of nitrogens with one attached hydrogen (secondary N) is 1. The van der Waals surface area contributed by atoms with Crippen LogP contribution in [0.1, 0.15) is 0 Å². The first-order valence-corrected chi connectivity index (χ1v) is 3.48. The van der Waals surface area contributed by atoms with Gasteiger partial charge in [0.25, 0.3) is 0 Å². The predicted octanol–water partition coefficient (Wildman–Crippen LogP) is 2.08. The van der Waals surface area contributed by atoms with Crippen LogP contribution in [0.25, 0.3) is 0 Å². The summed E-state index contributed by atoms with van der Waals surface area (Å²) in [6.45, 7) is 0. The third-order valence-corrected chi connectivity index (χ3v) is 1.60. The normalized spacial score (nSPS) is 18.5. The smallest absolute Gasteiger partial charge is 0.421 e. The van der Waals surface area contributed by atoms with Crippen LogP contribution in [0.15, 0.2) is 22.9 Å². The van der Waals surface area contributed by atoms with Crippen LogP contribution in [0, 0.1) is 0 Å². The molecule has 0 atom stereocenters. The third-order valence-electron chi connectivity index (χ3n) is 1.02. The molecule has 62 valence electrons. The number of aliphatic hydroxyl groups excluding tert-OH is 1. The molecule has 1 aliphatic rings. The highest BCUT2D eigenvalue weighted by molar-refractivity contribution is 8.00. The zero-order chi connectivity index (χ0) is 8.48. The van der Waals surface area contributed by atoms with Gasteiger partial charge in [0.1, 0.15) is 5.57 Å². The van der Waals surface area contributed by atoms with E-state index in [0.29, 0.717) is 0 Å². The molecule has 0 amide bonds. The summed E-state index contributed by atoms with van der Waals surface area (Å²) in [6, 6.07) is 0. The molecule has 0 saturated carbocycles. The molecule has 0 bridgehead atoms. The van der Waals surface area contributed by atoms with Gasteiger partial charge in [0.15, 0.2) is 0 Å². The van der Waals surface area contributed by atoms with E-state index in [1.54, 1.807) is 0 Å². The second-order valence-corrected chi connectivity index (χ2v) is 2.49. The van der Waals surface area contributed by atoms with Crippen LogP contribution in [0.2, 0.25) is 0 Å². The number of aliphatic hydroxyl groups is 1. The van der Waals surface area contributed by atoms with Gasteiger partial charge in [0.05, 0.1) is 0 Å². The molecule has 1 aliphatic heterocycles. The minimum absolute atomic E-state index is 0.816. The maximum Gasteiger partial charge on any atom is 0.421 e. The molecule has 0 saturated heterocycles. The average molecular weight is 183 g/mol. The number of rotatable bonds is 0. The minimum atomic E-state index is -4.49. The lowest BCUT2D eigenvalue weighted by atomic mass is 10.2. The van der Waals surface area contributed by atoms with E-state index in [1.165, 1.54) is 5.41 Å². The second-order valence-electron chi connectivity index (χ2n) is 1.78. The molecular formula is C5H4F3NOS. The van der Waals surface area contributed by atoms with Crippen molar-refractivity contribution in [1.29, 1.82) is 0 Å². The van der Waals surface area contributed by atoms with Gasteiger partial charge in [0.2, 0.25) is 5.88 Å². The summed E-state index contributed by atoms with van der Waals surface area (Å²) >= 11 is 0.884. The van der Waals surface area contributed by atoms with E-state index in [2.05, 4.69) is 4.72 Å². The van der Waals surface area contributed by atoms with E-state index in [-0.39, 0.29) is 0 Å². The zero-order valence-electron chi connectivity index (χ0n) is 5.14. The molecule has 0 aliphatic carbocycles. The Kier molecular flexibility index (Phi) is 2.03. The molecule has 2 N–H and O–H groups in total. The number of hydrogen-bond acceptors (Lipinski definition) is 3. The Balaban J connectivity index is 2.93. The van der Waals surface area contributed by atoms with Crippen molar-refractivity contribution < 1.29 is 18.3 Å². The number of alkyl halides is 3. The van der Waals surface area contributed by atoms with Crippen LogP contribution >= 0.6 is 11.9 Å². The lowest BCUT2D eigenvalue weighted by molar-refractivity contribution is -0.0911. The Bertz CT molecular complexity index is 220. The van der Waals surface area contributed by atoms with Gasteiger partial charge in [-0.15, -0.1) is 0 Å². The Morgan fingerprint density at radius 1 is 1.45 bits per heavy atom. The van der Waals surface area contributed by atoms with Gasteiger partial charge in [-0.05, 0) is 23.4 Å². The highest BCUT2D eigenvalue weighted by atomic mass is 32.2. The van der Waals surface area contributed by atoms with Gasteiger partial charge < -0.3 is 5.11 Å². The maximum absolute atomic E-state index is 11.9. The van der Waals surface area contributed by atoms with Gasteiger partial charge in [-0.2, -0.15) is 13.2 Å². The molecule has 11 heavy (non-hydrogen) atoms. The van der Waals surface area contributed by atoms with Crippen molar-refractivity contribution in [3.63, 3.8) is 0 Å². The topological polar surface area (TPSA) is 32.3 Å². The van der Waals surface area contributed by atoms with E-state index < -0.39 is 17.6 Å². The Morgan fingerprint density at radius 3 is 2.45 bits per heavy atom. The van der Waals surface area contributed by atoms with Crippen LogP contribution in [0.4, 0.5) is 13.2 Å². The summed E-state index contributed by atoms with van der Waals surface area (Å²) in [5.74, 6) is -0.843. The van der Waals surface area contributed by atoms with E-state index in [1.807, 2.05) is 0 Å². The fourth-order valence-corrected chi connectivity index (χ4v) is 1.05. The summed E-state index contributed by atoms with van der Waals surface area (Å²) in [5.41, 5.74) is -1.05. The molecule has 1 heterocycles. The molecule has 1 rings (SSSR count). The van der Waals surface area contributed by atoms with E-state index in [4.69, 9.17) is 5.11 Å². The SMILES string of the molecule is OC1=C(C(F)(F)F)C=CSN1. The van der Waals surface area contributed by atoms with Gasteiger partial charge in [-0.3, -0.25) is 4.72 Å². The number of halogens is 3. The largest absolute Gasteiger partial charge is 0.494 e. The van der Waals surface area contributed by atoms with Gasteiger partial charge in [-0.1, -0.05) is 0 Å². The summed E-state index contributed by atoms with van der Waals surface area (Å²) in [7, 11) is 0. The van der Waals surface area contributed by atoms with Crippen molar-refractivity contribution in [2.75, 3.05) is 0 Å². The first kappa shape index (κ1) is 8.32. The molecule has 0 spiro atoms. The van der Waals surface area contributed by atoms with Crippen molar-refractivity contribution in [2.45, 2.75) is 6.18 Å². The van der Waals surface area contributed by atoms with Crippen molar-refractivity contribution in [1.82, 2.24) is 4.72 Å². The number of hydrogen-bond donors (Lipinski definition) is 2. The Hall–Kier alpha value is -0.780. The summed E-state index contributed by atoms with van der Waals surface area (Å²) in [4.78, 5) is 0. The Labute approximate surface area is 64.9 Å². The molecular weight excluding hydrogens is 179 g/mol. The van der Waals surface area contributed by atoms with Gasteiger partial charge in [0, 0.05) is 0 Å². The van der Waals surface area contributed by atoms with E-state index in [9.17, 15) is 13.2 Å². The Morgan fingerprint density at radius 2 is 2.09 bits per heavy atom. The fraction of sp³-hybridized carbons (Fsp3) is 0.200. The zero-order valence-corrected chi connectivity index (χ0v) is 5.96. The van der Waals surface area contributed by atoms with Crippen molar-refractivity contribution >= 4 is 11.9 Å². The van der Waals surface area contributed by atoms with E-state index >= 15 is 0 Å². The highest BCUT2D eigenvalue weighted by Crippen LogP contribution is 2.30. The van der Waals surface area contributed by atoms with Gasteiger partial charge >= 0.3 is 6.18 Å². The third kappa shape index (κ3) is 1.83. The molecule has 0 aromatic heterocycles. The van der Waals surface area contributed by atoms with Crippen molar-refractivity contribution in [3.8, 4) is 0 Å². The monoisotopic (exact) mass is 183 g/mol. The predicted molar refractivity (Wildman–Crippen MR) is 35.6 cm³/mol. The lowest BCUT2D eigenvalue weighted by Gasteiger charge is -2.13. The summed E-state index contributed by atoms with van der Waals surface area (Å²) < 4.78 is 37.7. The molecule has 0 fully saturated rings. The quantitative estimate of drug-likeness (QED) is 0.564. The van der Waals surface area contributed by atoms with Crippen LogP contribution in [-0.2, 0) is 0 Å². The number of allylic oxidation sites excluding steroid dienone is 2. The maximum atomic E-state index is 11.9. The minimum Gasteiger partial charge on any atom is -0.494 e. The van der Waals surface area contributed by atoms with Crippen LogP contribution in [0.3, 0.4) is 0 Å². The molecule has 2 nitrogen and oxygen atoms in total. The summed E-state index contributed by atoms with van der Waals surface area (Å²) in [6.07, 6.45) is -3.68. The fourth-order valence-electron chi connectivity index (χ4n) is 0.555. The first-order valence-electron chi connectivity index (χ1n) is 2.60. The highest BCUT2D eigenvalue weighted by Gasteiger charge is 2.36. The van der Waals surface area contributed by atoms with Crippen LogP contribution in [0.5, 0.6) is 0 Å². The molecule has 0 radical (unpaired) electrons. The van der Waals surface area contributed by atoms with Gasteiger partial charge in [-0.25, -0.2) is 0 Å². The first-order chi connectivity index (χ1) is 5.02. The average Bonchev–Trinajstić information content (AvgIpc) is 1.86. The molecule has 0 unspecified atom stereocenters. The molecule has 0 aromatic rings. The summed E-state index contributed by atoms with van der Waals surface area (Å²) in [5, 5.41) is 9.89. The molecule has 0 aromatic carbocycles. The molecule has 6 heteroatoms. The standard InChI is InChI=1S/C5H4F3NOS/c6-5(7,8)3-1-2-11-9-4(3)10/h1-2,9-10H. The van der Waals surface area contributed by atoms with E-state index in [0.717, 1.165) is 18.0 Å². The lowest BCUT2D eigenvalue weighted by Crippen LogP contribution is -2.19. The van der Waals surface area contributed by atoms with Crippen LogP contribution < -0.4 is 4.72 Å².